The molecule has 0 aliphatic heterocycles. The summed E-state index contributed by atoms with van der Waals surface area (Å²) in [5.74, 6) is 0.282. The van der Waals surface area contributed by atoms with E-state index < -0.39 is 7.75 Å². The number of nitrogens with zero attached hydrogens (tertiary/aromatic N) is 1. The molecule has 0 unspecified atom stereocenters. The lowest BCUT2D eigenvalue weighted by Crippen LogP contribution is -2.21. The Balaban J connectivity index is 5.00. The first kappa shape index (κ1) is 15.7. The van der Waals surface area contributed by atoms with Crippen molar-refractivity contribution in [1.82, 2.24) is 4.67 Å². The highest BCUT2D eigenvalue weighted by atomic mass is 31.2. The number of rotatable bonds is 7. The van der Waals surface area contributed by atoms with Gasteiger partial charge in [0.05, 0.1) is 13.2 Å². The zero-order valence-corrected chi connectivity index (χ0v) is 12.1. The van der Waals surface area contributed by atoms with Gasteiger partial charge in [-0.1, -0.05) is 19.9 Å². The molecule has 96 valence electrons. The van der Waals surface area contributed by atoms with Gasteiger partial charge in [0.25, 0.3) is 0 Å². The third kappa shape index (κ3) is 3.93. The highest BCUT2D eigenvalue weighted by molar-refractivity contribution is 7.51. The Morgan fingerprint density at radius 1 is 1.31 bits per heavy atom. The summed E-state index contributed by atoms with van der Waals surface area (Å²) in [4.78, 5) is 0. The number of allylic oxidation sites excluding steroid dienone is 2. The van der Waals surface area contributed by atoms with Crippen LogP contribution in [0.3, 0.4) is 0 Å². The van der Waals surface area contributed by atoms with Gasteiger partial charge < -0.3 is 0 Å². The first-order chi connectivity index (χ1) is 7.42. The second-order valence-corrected chi connectivity index (χ2v) is 5.75. The molecule has 0 aliphatic rings. The summed E-state index contributed by atoms with van der Waals surface area (Å²) in [5.41, 5.74) is 0.963. The van der Waals surface area contributed by atoms with E-state index in [4.69, 9.17) is 9.05 Å². The molecule has 5 heteroatoms. The molecule has 0 aromatic rings. The van der Waals surface area contributed by atoms with Gasteiger partial charge in [-0.2, -0.15) is 0 Å². The summed E-state index contributed by atoms with van der Waals surface area (Å²) in [6.07, 6.45) is 1.94. The smallest absolute Gasteiger partial charge is 0.292 e. The molecule has 0 atom stereocenters. The minimum atomic E-state index is -3.17. The van der Waals surface area contributed by atoms with Crippen LogP contribution in [0.2, 0.25) is 0 Å². The van der Waals surface area contributed by atoms with Crippen LogP contribution in [0, 0.1) is 5.92 Å². The molecule has 0 bridgehead atoms. The van der Waals surface area contributed by atoms with Crippen LogP contribution in [-0.4, -0.2) is 24.9 Å². The normalized spacial score (nSPS) is 13.3. The fourth-order valence-corrected chi connectivity index (χ4v) is 3.27. The summed E-state index contributed by atoms with van der Waals surface area (Å²) >= 11 is 0. The van der Waals surface area contributed by atoms with E-state index in [0.29, 0.717) is 13.2 Å². The van der Waals surface area contributed by atoms with E-state index in [1.807, 2.05) is 40.7 Å². The topological polar surface area (TPSA) is 38.8 Å². The molecule has 0 amide bonds. The van der Waals surface area contributed by atoms with E-state index in [0.717, 1.165) is 5.70 Å². The number of hydrogen-bond donors (Lipinski definition) is 0. The van der Waals surface area contributed by atoms with E-state index in [-0.39, 0.29) is 5.92 Å². The van der Waals surface area contributed by atoms with Crippen molar-refractivity contribution in [2.45, 2.75) is 34.6 Å². The van der Waals surface area contributed by atoms with Crippen LogP contribution in [-0.2, 0) is 13.6 Å². The predicted molar refractivity (Wildman–Crippen MR) is 67.2 cm³/mol. The Hall–Kier alpha value is -0.310. The Morgan fingerprint density at radius 2 is 1.75 bits per heavy atom. The Kier molecular flexibility index (Phi) is 6.96. The zero-order valence-electron chi connectivity index (χ0n) is 11.2. The first-order valence-corrected chi connectivity index (χ1v) is 7.21. The molecule has 0 spiro atoms. The van der Waals surface area contributed by atoms with Crippen molar-refractivity contribution >= 4 is 7.75 Å². The molecule has 16 heavy (non-hydrogen) atoms. The average molecular weight is 249 g/mol. The van der Waals surface area contributed by atoms with Crippen molar-refractivity contribution in [2.24, 2.45) is 5.92 Å². The van der Waals surface area contributed by atoms with Crippen LogP contribution in [0.15, 0.2) is 11.8 Å². The Labute approximate surface area is 99.2 Å². The lowest BCUT2D eigenvalue weighted by molar-refractivity contribution is 0.183. The van der Waals surface area contributed by atoms with Gasteiger partial charge in [-0.05, 0) is 26.7 Å². The van der Waals surface area contributed by atoms with Crippen LogP contribution >= 0.6 is 7.75 Å². The quantitative estimate of drug-likeness (QED) is 0.645. The standard InChI is InChI=1S/C11H24NO3P/c1-7-11(10(4)5)12(6)16(13,14-8-2)15-9-3/h7,10H,8-9H2,1-6H3/b11-7+. The summed E-state index contributed by atoms with van der Waals surface area (Å²) < 4.78 is 24.7. The summed E-state index contributed by atoms with van der Waals surface area (Å²) in [6.45, 7) is 10.4. The van der Waals surface area contributed by atoms with Crippen LogP contribution in [0.1, 0.15) is 34.6 Å². The molecule has 0 rings (SSSR count). The third-order valence-corrected chi connectivity index (χ3v) is 4.35. The van der Waals surface area contributed by atoms with E-state index in [1.165, 1.54) is 0 Å². The summed E-state index contributed by atoms with van der Waals surface area (Å²) in [7, 11) is -1.42. The highest BCUT2D eigenvalue weighted by Gasteiger charge is 2.32. The summed E-state index contributed by atoms with van der Waals surface area (Å²) in [6, 6.07) is 0. The second-order valence-electron chi connectivity index (χ2n) is 3.70. The van der Waals surface area contributed by atoms with Gasteiger partial charge in [0, 0.05) is 12.7 Å². The fourth-order valence-electron chi connectivity index (χ4n) is 1.57. The maximum absolute atomic E-state index is 12.5. The van der Waals surface area contributed by atoms with Crippen molar-refractivity contribution in [2.75, 3.05) is 20.3 Å². The van der Waals surface area contributed by atoms with Crippen molar-refractivity contribution in [3.8, 4) is 0 Å². The maximum atomic E-state index is 12.5. The minimum Gasteiger partial charge on any atom is -0.292 e. The van der Waals surface area contributed by atoms with Crippen LogP contribution in [0.4, 0.5) is 0 Å². The number of hydrogen-bond acceptors (Lipinski definition) is 3. The molecule has 0 fully saturated rings. The Morgan fingerprint density at radius 3 is 2.00 bits per heavy atom. The molecule has 0 aromatic heterocycles. The van der Waals surface area contributed by atoms with Crippen LogP contribution in [0.25, 0.3) is 0 Å². The van der Waals surface area contributed by atoms with E-state index in [9.17, 15) is 4.57 Å². The van der Waals surface area contributed by atoms with Gasteiger partial charge in [0.1, 0.15) is 0 Å². The third-order valence-electron chi connectivity index (χ3n) is 2.21. The van der Waals surface area contributed by atoms with Crippen LogP contribution in [0.5, 0.6) is 0 Å². The molecule has 0 saturated heterocycles. The van der Waals surface area contributed by atoms with Crippen molar-refractivity contribution in [3.63, 3.8) is 0 Å². The minimum absolute atomic E-state index is 0.282. The molecule has 0 saturated carbocycles. The van der Waals surface area contributed by atoms with Gasteiger partial charge in [-0.15, -0.1) is 0 Å². The first-order valence-electron chi connectivity index (χ1n) is 5.72. The molecule has 0 aromatic carbocycles. The molecule has 0 aliphatic carbocycles. The molecular weight excluding hydrogens is 225 g/mol. The van der Waals surface area contributed by atoms with Gasteiger partial charge in [-0.25, -0.2) is 4.57 Å². The average Bonchev–Trinajstić information content (AvgIpc) is 2.18. The summed E-state index contributed by atoms with van der Waals surface area (Å²) in [5, 5.41) is 0. The molecule has 0 N–H and O–H groups in total. The van der Waals surface area contributed by atoms with Gasteiger partial charge >= 0.3 is 7.75 Å². The Bertz CT molecular complexity index is 266. The predicted octanol–water partition coefficient (Wildman–Crippen LogP) is 3.66. The highest BCUT2D eigenvalue weighted by Crippen LogP contribution is 2.53. The van der Waals surface area contributed by atoms with Crippen molar-refractivity contribution < 1.29 is 13.6 Å². The van der Waals surface area contributed by atoms with Crippen LogP contribution < -0.4 is 0 Å². The molecule has 0 heterocycles. The molecule has 4 nitrogen and oxygen atoms in total. The van der Waals surface area contributed by atoms with Crippen molar-refractivity contribution in [1.29, 1.82) is 0 Å². The molecular formula is C11H24NO3P. The zero-order chi connectivity index (χ0) is 12.8. The van der Waals surface area contributed by atoms with E-state index in [2.05, 4.69) is 0 Å². The van der Waals surface area contributed by atoms with E-state index in [1.54, 1.807) is 11.7 Å². The van der Waals surface area contributed by atoms with Gasteiger partial charge in [0.2, 0.25) is 0 Å². The second kappa shape index (κ2) is 7.10. The van der Waals surface area contributed by atoms with Gasteiger partial charge in [-0.3, -0.25) is 13.7 Å². The largest absolute Gasteiger partial charge is 0.434 e. The monoisotopic (exact) mass is 249 g/mol. The SMILES string of the molecule is C/C=C(\C(C)C)N(C)P(=O)(OCC)OCC. The molecule has 0 radical (unpaired) electrons. The fraction of sp³-hybridized carbons (Fsp3) is 0.818. The van der Waals surface area contributed by atoms with Gasteiger partial charge in [0.15, 0.2) is 0 Å². The lowest BCUT2D eigenvalue weighted by atomic mass is 10.1. The lowest BCUT2D eigenvalue weighted by Gasteiger charge is -2.31. The maximum Gasteiger partial charge on any atom is 0.434 e. The van der Waals surface area contributed by atoms with E-state index >= 15 is 0 Å². The van der Waals surface area contributed by atoms with Crippen molar-refractivity contribution in [3.05, 3.63) is 11.8 Å².